The summed E-state index contributed by atoms with van der Waals surface area (Å²) in [7, 11) is 0. The van der Waals surface area contributed by atoms with Gasteiger partial charge in [0.1, 0.15) is 5.75 Å². The van der Waals surface area contributed by atoms with Crippen molar-refractivity contribution in [2.75, 3.05) is 13.2 Å². The van der Waals surface area contributed by atoms with E-state index in [4.69, 9.17) is 9.47 Å². The van der Waals surface area contributed by atoms with Gasteiger partial charge in [-0.25, -0.2) is 4.79 Å². The largest absolute Gasteiger partial charge is 0.494 e. The van der Waals surface area contributed by atoms with Crippen LogP contribution in [0.4, 0.5) is 5.69 Å². The molecule has 2 aromatic rings. The molecule has 4 heteroatoms. The van der Waals surface area contributed by atoms with Gasteiger partial charge in [-0.05, 0) is 54.3 Å². The highest BCUT2D eigenvalue weighted by atomic mass is 16.5. The Morgan fingerprint density at radius 2 is 1.22 bits per heavy atom. The molecule has 0 spiro atoms. The van der Waals surface area contributed by atoms with Crippen LogP contribution in [0.15, 0.2) is 53.5 Å². The van der Waals surface area contributed by atoms with Crippen molar-refractivity contribution >= 4 is 17.9 Å². The summed E-state index contributed by atoms with van der Waals surface area (Å²) in [6.45, 7) is 7.68. The molecule has 0 aliphatic heterocycles. The molecule has 0 aliphatic carbocycles. The summed E-state index contributed by atoms with van der Waals surface area (Å²) < 4.78 is 11.3. The Bertz CT molecular complexity index is 936. The highest BCUT2D eigenvalue weighted by Crippen LogP contribution is 2.19. The third-order valence-corrected chi connectivity index (χ3v) is 7.81. The number of esters is 1. The van der Waals surface area contributed by atoms with E-state index in [1.165, 1.54) is 96.3 Å². The van der Waals surface area contributed by atoms with E-state index in [1.807, 2.05) is 36.4 Å². The minimum Gasteiger partial charge on any atom is -0.494 e. The molecule has 0 amide bonds. The molecule has 0 heterocycles. The molecule has 0 N–H and O–H groups in total. The minimum atomic E-state index is -0.274. The molecule has 1 unspecified atom stereocenters. The van der Waals surface area contributed by atoms with E-state index in [1.54, 1.807) is 18.3 Å². The lowest BCUT2D eigenvalue weighted by atomic mass is 10.0. The summed E-state index contributed by atoms with van der Waals surface area (Å²) in [4.78, 5) is 16.7. The summed E-state index contributed by atoms with van der Waals surface area (Å²) in [5.41, 5.74) is 2.38. The van der Waals surface area contributed by atoms with E-state index in [-0.39, 0.29) is 5.97 Å². The molecule has 0 aliphatic rings. The zero-order valence-corrected chi connectivity index (χ0v) is 26.4. The third kappa shape index (κ3) is 17.1. The van der Waals surface area contributed by atoms with Crippen LogP contribution >= 0.6 is 0 Å². The lowest BCUT2D eigenvalue weighted by Crippen LogP contribution is -2.11. The topological polar surface area (TPSA) is 47.9 Å². The lowest BCUT2D eigenvalue weighted by molar-refractivity contribution is 0.0447. The number of carbonyl (C=O) groups is 1. The first-order valence-corrected chi connectivity index (χ1v) is 16.7. The normalized spacial score (nSPS) is 12.1. The Kier molecular flexibility index (Phi) is 19.4. The van der Waals surface area contributed by atoms with E-state index in [9.17, 15) is 4.79 Å². The molecule has 2 aromatic carbocycles. The quantitative estimate of drug-likeness (QED) is 0.0725. The van der Waals surface area contributed by atoms with E-state index < -0.39 is 0 Å². The second-order valence-electron chi connectivity index (χ2n) is 11.6. The number of nitrogens with zero attached hydrogens (tertiary/aromatic N) is 1. The number of unbranched alkanes of at least 4 members (excludes halogenated alkanes) is 15. The number of benzene rings is 2. The SMILES string of the molecule is CCCCCCCCCCCCCCCCCCOc1ccc(N=Cc2ccc(C(=O)OCC(C)CC)cc2)cc1. The molecule has 0 radical (unpaired) electrons. The van der Waals surface area contributed by atoms with Crippen molar-refractivity contribution in [1.29, 1.82) is 0 Å². The smallest absolute Gasteiger partial charge is 0.338 e. The van der Waals surface area contributed by atoms with Crippen molar-refractivity contribution in [1.82, 2.24) is 0 Å². The van der Waals surface area contributed by atoms with Crippen LogP contribution in [0.3, 0.4) is 0 Å². The second-order valence-corrected chi connectivity index (χ2v) is 11.6. The predicted octanol–water partition coefficient (Wildman–Crippen LogP) is 11.3. The maximum atomic E-state index is 12.2. The van der Waals surface area contributed by atoms with Crippen LogP contribution in [0.1, 0.15) is 146 Å². The van der Waals surface area contributed by atoms with Crippen molar-refractivity contribution in [3.8, 4) is 5.75 Å². The van der Waals surface area contributed by atoms with Gasteiger partial charge in [-0.1, -0.05) is 136 Å². The molecule has 2 rings (SSSR count). The number of ether oxygens (including phenoxy) is 2. The lowest BCUT2D eigenvalue weighted by Gasteiger charge is -2.09. The van der Waals surface area contributed by atoms with Crippen LogP contribution in [0.2, 0.25) is 0 Å². The van der Waals surface area contributed by atoms with E-state index >= 15 is 0 Å². The number of hydrogen-bond acceptors (Lipinski definition) is 4. The molecule has 0 saturated carbocycles. The monoisotopic (exact) mass is 563 g/mol. The maximum absolute atomic E-state index is 12.2. The molecule has 228 valence electrons. The van der Waals surface area contributed by atoms with Crippen LogP contribution < -0.4 is 4.74 Å². The van der Waals surface area contributed by atoms with Gasteiger partial charge in [-0.2, -0.15) is 0 Å². The molecule has 4 nitrogen and oxygen atoms in total. The molecule has 41 heavy (non-hydrogen) atoms. The minimum absolute atomic E-state index is 0.274. The fraction of sp³-hybridized carbons (Fsp3) is 0.622. The third-order valence-electron chi connectivity index (χ3n) is 7.81. The fourth-order valence-electron chi connectivity index (χ4n) is 4.74. The molecule has 1 atom stereocenters. The molecular weight excluding hydrogens is 506 g/mol. The van der Waals surface area contributed by atoms with Gasteiger partial charge < -0.3 is 9.47 Å². The Labute approximate surface area is 251 Å². The van der Waals surface area contributed by atoms with Gasteiger partial charge in [-0.15, -0.1) is 0 Å². The Balaban J connectivity index is 1.48. The maximum Gasteiger partial charge on any atom is 0.338 e. The van der Waals surface area contributed by atoms with Gasteiger partial charge in [0.2, 0.25) is 0 Å². The zero-order valence-electron chi connectivity index (χ0n) is 26.4. The number of carbonyl (C=O) groups excluding carboxylic acids is 1. The second kappa shape index (κ2) is 23.0. The van der Waals surface area contributed by atoms with Crippen LogP contribution in [0.5, 0.6) is 5.75 Å². The van der Waals surface area contributed by atoms with Crippen LogP contribution in [-0.2, 0) is 4.74 Å². The first-order valence-electron chi connectivity index (χ1n) is 16.7. The molecule has 0 aromatic heterocycles. The Hall–Kier alpha value is -2.62. The summed E-state index contributed by atoms with van der Waals surface area (Å²) in [5, 5.41) is 0. The molecule has 0 bridgehead atoms. The van der Waals surface area contributed by atoms with Gasteiger partial charge in [0.15, 0.2) is 0 Å². The van der Waals surface area contributed by atoms with Gasteiger partial charge in [0.05, 0.1) is 24.5 Å². The van der Waals surface area contributed by atoms with Crippen molar-refractivity contribution in [2.24, 2.45) is 10.9 Å². The summed E-state index contributed by atoms with van der Waals surface area (Å²) in [5.74, 6) is 0.995. The van der Waals surface area contributed by atoms with Crippen LogP contribution in [-0.4, -0.2) is 25.4 Å². The first kappa shape index (κ1) is 34.6. The number of rotatable bonds is 24. The van der Waals surface area contributed by atoms with Gasteiger partial charge >= 0.3 is 5.97 Å². The number of hydrogen-bond donors (Lipinski definition) is 0. The van der Waals surface area contributed by atoms with E-state index in [0.29, 0.717) is 18.1 Å². The highest BCUT2D eigenvalue weighted by Gasteiger charge is 2.08. The van der Waals surface area contributed by atoms with Crippen molar-refractivity contribution in [3.63, 3.8) is 0 Å². The van der Waals surface area contributed by atoms with Crippen molar-refractivity contribution < 1.29 is 14.3 Å². The average Bonchev–Trinajstić information content (AvgIpc) is 3.01. The Morgan fingerprint density at radius 3 is 1.73 bits per heavy atom. The first-order chi connectivity index (χ1) is 20.1. The Morgan fingerprint density at radius 1 is 0.707 bits per heavy atom. The molecular formula is C37H57NO3. The summed E-state index contributed by atoms with van der Waals surface area (Å²) in [6, 6.07) is 15.3. The van der Waals surface area contributed by atoms with Crippen LogP contribution in [0.25, 0.3) is 0 Å². The van der Waals surface area contributed by atoms with Crippen molar-refractivity contribution in [2.45, 2.75) is 130 Å². The standard InChI is InChI=1S/C37H57NO3/c1-4-6-7-8-9-10-11-12-13-14-15-16-17-18-19-20-29-40-36-27-25-35(26-28-36)38-30-33-21-23-34(24-22-33)37(39)41-31-32(3)5-2/h21-28,30,32H,4-20,29,31H2,1-3H3. The average molecular weight is 564 g/mol. The van der Waals surface area contributed by atoms with Gasteiger partial charge in [0.25, 0.3) is 0 Å². The summed E-state index contributed by atoms with van der Waals surface area (Å²) >= 11 is 0. The predicted molar refractivity (Wildman–Crippen MR) is 175 cm³/mol. The molecule has 0 saturated heterocycles. The number of aliphatic imine (C=N–C) groups is 1. The fourth-order valence-corrected chi connectivity index (χ4v) is 4.74. The van der Waals surface area contributed by atoms with Crippen molar-refractivity contribution in [3.05, 3.63) is 59.7 Å². The summed E-state index contributed by atoms with van der Waals surface area (Å²) in [6.07, 6.45) is 24.9. The van der Waals surface area contributed by atoms with Crippen LogP contribution in [0, 0.1) is 5.92 Å². The zero-order chi connectivity index (χ0) is 29.4. The highest BCUT2D eigenvalue weighted by molar-refractivity contribution is 5.91. The molecule has 0 fully saturated rings. The van der Waals surface area contributed by atoms with E-state index in [2.05, 4.69) is 25.8 Å². The van der Waals surface area contributed by atoms with Gasteiger partial charge in [0, 0.05) is 6.21 Å². The van der Waals surface area contributed by atoms with Gasteiger partial charge in [-0.3, -0.25) is 4.99 Å². The van der Waals surface area contributed by atoms with E-state index in [0.717, 1.165) is 36.4 Å².